The highest BCUT2D eigenvalue weighted by atomic mass is 16.7. The number of hydrogen-bond acceptors (Lipinski definition) is 4. The van der Waals surface area contributed by atoms with E-state index in [4.69, 9.17) is 9.47 Å². The molecule has 1 aliphatic heterocycles. The van der Waals surface area contributed by atoms with Gasteiger partial charge in [-0.2, -0.15) is 0 Å². The van der Waals surface area contributed by atoms with Gasteiger partial charge < -0.3 is 19.7 Å². The molecule has 4 heteroatoms. The topological polar surface area (TPSA) is 33.7 Å². The fourth-order valence-corrected chi connectivity index (χ4v) is 2.60. The van der Waals surface area contributed by atoms with Crippen LogP contribution in [0.1, 0.15) is 32.4 Å². The third-order valence-corrected chi connectivity index (χ3v) is 3.66. The van der Waals surface area contributed by atoms with Crippen molar-refractivity contribution in [1.82, 2.24) is 10.2 Å². The maximum absolute atomic E-state index is 5.47. The second-order valence-electron chi connectivity index (χ2n) is 5.70. The quantitative estimate of drug-likeness (QED) is 0.831. The Morgan fingerprint density at radius 1 is 1.20 bits per heavy atom. The third kappa shape index (κ3) is 3.64. The van der Waals surface area contributed by atoms with Gasteiger partial charge in [0, 0.05) is 19.1 Å². The van der Waals surface area contributed by atoms with Crippen LogP contribution in [0.5, 0.6) is 11.5 Å². The monoisotopic (exact) mass is 278 g/mol. The summed E-state index contributed by atoms with van der Waals surface area (Å²) in [5, 5.41) is 3.41. The molecule has 112 valence electrons. The summed E-state index contributed by atoms with van der Waals surface area (Å²) >= 11 is 0. The average molecular weight is 278 g/mol. The molecule has 0 saturated heterocycles. The maximum Gasteiger partial charge on any atom is 0.231 e. The van der Waals surface area contributed by atoms with Crippen LogP contribution >= 0.6 is 0 Å². The van der Waals surface area contributed by atoms with Gasteiger partial charge in [-0.3, -0.25) is 0 Å². The van der Waals surface area contributed by atoms with Gasteiger partial charge in [0.05, 0.1) is 0 Å². The molecule has 1 aromatic rings. The standard InChI is InChI=1S/C16H26N2O2/c1-5-18(9-12(2)3)10-14(17-4)13-6-7-15-16(8-13)20-11-19-15/h6-8,12,14,17H,5,9-11H2,1-4H3. The van der Waals surface area contributed by atoms with Gasteiger partial charge in [-0.05, 0) is 37.2 Å². The summed E-state index contributed by atoms with van der Waals surface area (Å²) in [6.07, 6.45) is 0. The van der Waals surface area contributed by atoms with Crippen molar-refractivity contribution in [3.63, 3.8) is 0 Å². The minimum absolute atomic E-state index is 0.309. The van der Waals surface area contributed by atoms with E-state index in [1.807, 2.05) is 13.1 Å². The Bertz CT molecular complexity index is 434. The molecular formula is C16H26N2O2. The Morgan fingerprint density at radius 3 is 2.60 bits per heavy atom. The Kier molecular flexibility index (Phi) is 5.26. The van der Waals surface area contributed by atoms with Crippen molar-refractivity contribution in [2.75, 3.05) is 33.5 Å². The lowest BCUT2D eigenvalue weighted by Gasteiger charge is -2.28. The Hall–Kier alpha value is -1.26. The molecule has 20 heavy (non-hydrogen) atoms. The summed E-state index contributed by atoms with van der Waals surface area (Å²) in [5.74, 6) is 2.39. The average Bonchev–Trinajstić information content (AvgIpc) is 2.90. The molecule has 0 aliphatic carbocycles. The fourth-order valence-electron chi connectivity index (χ4n) is 2.60. The Labute approximate surface area is 122 Å². The van der Waals surface area contributed by atoms with Crippen LogP contribution in [0.25, 0.3) is 0 Å². The molecular weight excluding hydrogens is 252 g/mol. The number of rotatable bonds is 7. The minimum atomic E-state index is 0.309. The van der Waals surface area contributed by atoms with Crippen LogP contribution in [0.2, 0.25) is 0 Å². The second-order valence-corrected chi connectivity index (χ2v) is 5.70. The van der Waals surface area contributed by atoms with Gasteiger partial charge in [0.15, 0.2) is 11.5 Å². The second kappa shape index (κ2) is 6.95. The molecule has 0 radical (unpaired) electrons. The molecule has 0 spiro atoms. The summed E-state index contributed by atoms with van der Waals surface area (Å²) in [7, 11) is 2.01. The first-order valence-electron chi connectivity index (χ1n) is 7.43. The molecule has 0 aromatic heterocycles. The Morgan fingerprint density at radius 2 is 1.95 bits per heavy atom. The first kappa shape index (κ1) is 15.1. The Balaban J connectivity index is 2.07. The zero-order valence-electron chi connectivity index (χ0n) is 13.0. The predicted octanol–water partition coefficient (Wildman–Crippen LogP) is 2.65. The molecule has 0 bridgehead atoms. The van der Waals surface area contributed by atoms with Crippen molar-refractivity contribution >= 4 is 0 Å². The SMILES string of the molecule is CCN(CC(C)C)CC(NC)c1ccc2c(c1)OCO2. The van der Waals surface area contributed by atoms with Gasteiger partial charge in [-0.15, -0.1) is 0 Å². The van der Waals surface area contributed by atoms with Gasteiger partial charge in [0.25, 0.3) is 0 Å². The van der Waals surface area contributed by atoms with Crippen molar-refractivity contribution in [3.8, 4) is 11.5 Å². The molecule has 4 nitrogen and oxygen atoms in total. The molecule has 1 heterocycles. The largest absolute Gasteiger partial charge is 0.454 e. The zero-order chi connectivity index (χ0) is 14.5. The number of nitrogens with zero attached hydrogens (tertiary/aromatic N) is 1. The number of benzene rings is 1. The van der Waals surface area contributed by atoms with Crippen molar-refractivity contribution in [3.05, 3.63) is 23.8 Å². The van der Waals surface area contributed by atoms with E-state index in [0.29, 0.717) is 18.8 Å². The first-order chi connectivity index (χ1) is 9.63. The van der Waals surface area contributed by atoms with E-state index < -0.39 is 0 Å². The van der Waals surface area contributed by atoms with E-state index in [0.717, 1.165) is 31.1 Å². The van der Waals surface area contributed by atoms with E-state index in [1.54, 1.807) is 0 Å². The number of nitrogens with one attached hydrogen (secondary N) is 1. The molecule has 0 amide bonds. The van der Waals surface area contributed by atoms with Crippen molar-refractivity contribution < 1.29 is 9.47 Å². The number of hydrogen-bond donors (Lipinski definition) is 1. The first-order valence-corrected chi connectivity index (χ1v) is 7.43. The van der Waals surface area contributed by atoms with Crippen LogP contribution in [-0.2, 0) is 0 Å². The summed E-state index contributed by atoms with van der Waals surface area (Å²) in [6, 6.07) is 6.52. The number of ether oxygens (including phenoxy) is 2. The smallest absolute Gasteiger partial charge is 0.231 e. The summed E-state index contributed by atoms with van der Waals surface area (Å²) in [6.45, 7) is 10.3. The number of fused-ring (bicyclic) bond motifs is 1. The molecule has 0 fully saturated rings. The van der Waals surface area contributed by atoms with Gasteiger partial charge >= 0.3 is 0 Å². The fraction of sp³-hybridized carbons (Fsp3) is 0.625. The lowest BCUT2D eigenvalue weighted by molar-refractivity contribution is 0.174. The van der Waals surface area contributed by atoms with E-state index in [-0.39, 0.29) is 0 Å². The lowest BCUT2D eigenvalue weighted by atomic mass is 10.0. The van der Waals surface area contributed by atoms with E-state index in [2.05, 4.69) is 43.1 Å². The maximum atomic E-state index is 5.47. The van der Waals surface area contributed by atoms with Crippen molar-refractivity contribution in [2.24, 2.45) is 5.92 Å². The molecule has 1 aromatic carbocycles. The lowest BCUT2D eigenvalue weighted by Crippen LogP contribution is -2.36. The molecule has 0 saturated carbocycles. The van der Waals surface area contributed by atoms with Crippen LogP contribution in [0.3, 0.4) is 0 Å². The summed E-state index contributed by atoms with van der Waals surface area (Å²) in [5.41, 5.74) is 1.25. The van der Waals surface area contributed by atoms with Crippen LogP contribution in [-0.4, -0.2) is 38.4 Å². The van der Waals surface area contributed by atoms with Crippen molar-refractivity contribution in [2.45, 2.75) is 26.8 Å². The third-order valence-electron chi connectivity index (χ3n) is 3.66. The zero-order valence-corrected chi connectivity index (χ0v) is 13.0. The highest BCUT2D eigenvalue weighted by Gasteiger charge is 2.19. The van der Waals surface area contributed by atoms with Crippen LogP contribution in [0, 0.1) is 5.92 Å². The predicted molar refractivity (Wildman–Crippen MR) is 81.3 cm³/mol. The molecule has 2 rings (SSSR count). The minimum Gasteiger partial charge on any atom is -0.454 e. The van der Waals surface area contributed by atoms with E-state index in [1.165, 1.54) is 5.56 Å². The van der Waals surface area contributed by atoms with Gasteiger partial charge in [0.2, 0.25) is 6.79 Å². The molecule has 1 N–H and O–H groups in total. The molecule has 1 unspecified atom stereocenters. The summed E-state index contributed by atoms with van der Waals surface area (Å²) < 4.78 is 10.8. The van der Waals surface area contributed by atoms with Crippen molar-refractivity contribution in [1.29, 1.82) is 0 Å². The summed E-state index contributed by atoms with van der Waals surface area (Å²) in [4.78, 5) is 2.48. The van der Waals surface area contributed by atoms with Crippen LogP contribution in [0.4, 0.5) is 0 Å². The highest BCUT2D eigenvalue weighted by molar-refractivity contribution is 5.45. The van der Waals surface area contributed by atoms with E-state index in [9.17, 15) is 0 Å². The highest BCUT2D eigenvalue weighted by Crippen LogP contribution is 2.34. The van der Waals surface area contributed by atoms with Crippen LogP contribution in [0.15, 0.2) is 18.2 Å². The van der Waals surface area contributed by atoms with E-state index >= 15 is 0 Å². The molecule has 1 atom stereocenters. The van der Waals surface area contributed by atoms with Gasteiger partial charge in [-0.25, -0.2) is 0 Å². The van der Waals surface area contributed by atoms with Crippen LogP contribution < -0.4 is 14.8 Å². The number of likely N-dealkylation sites (N-methyl/N-ethyl adjacent to an activating group) is 2. The normalized spacial score (nSPS) is 15.1. The van der Waals surface area contributed by atoms with Gasteiger partial charge in [0.1, 0.15) is 0 Å². The molecule has 1 aliphatic rings. The van der Waals surface area contributed by atoms with Gasteiger partial charge in [-0.1, -0.05) is 26.8 Å².